The number of fused-ring (bicyclic) bond motifs is 8. The van der Waals surface area contributed by atoms with Crippen LogP contribution in [0.3, 0.4) is 0 Å². The van der Waals surface area contributed by atoms with Crippen LogP contribution in [0.2, 0.25) is 0 Å². The van der Waals surface area contributed by atoms with Gasteiger partial charge in [0.1, 0.15) is 5.58 Å². The van der Waals surface area contributed by atoms with Gasteiger partial charge in [0, 0.05) is 33.7 Å². The Morgan fingerprint density at radius 2 is 1.17 bits per heavy atom. The lowest BCUT2D eigenvalue weighted by atomic mass is 9.35. The van der Waals surface area contributed by atoms with Gasteiger partial charge in [-0.2, -0.15) is 0 Å². The van der Waals surface area contributed by atoms with Crippen molar-refractivity contribution in [2.24, 2.45) is 0 Å². The van der Waals surface area contributed by atoms with E-state index in [0.29, 0.717) is 0 Å². The van der Waals surface area contributed by atoms with Crippen LogP contribution >= 0.6 is 0 Å². The van der Waals surface area contributed by atoms with Gasteiger partial charge in [0.25, 0.3) is 6.71 Å². The Hall–Kier alpha value is -5.48. The third-order valence-electron chi connectivity index (χ3n) is 14.8. The zero-order valence-corrected chi connectivity index (χ0v) is 40.3. The van der Waals surface area contributed by atoms with Gasteiger partial charge >= 0.3 is 0 Å². The molecule has 6 aromatic carbocycles. The van der Waals surface area contributed by atoms with Crippen molar-refractivity contribution < 1.29 is 4.42 Å². The SMILES string of the molecule is Cc1ccc2oc3c(c2c1)N(c1ccc(C(C)(C)C)cc1)c1cc(C(C)(C)C)cc2c1B3c1ccc3c(c1N2c1ccc(C(C)(C)C)cc1-c1ccccc1)C(C)(C)CCC3(C)C. The summed E-state index contributed by atoms with van der Waals surface area (Å²) in [6.45, 7) is 33.0. The molecule has 4 heteroatoms. The molecule has 10 rings (SSSR count). The number of anilines is 6. The largest absolute Gasteiger partial charge is 0.468 e. The molecule has 0 bridgehead atoms. The second-order valence-corrected chi connectivity index (χ2v) is 23.4. The Kier molecular flexibility index (Phi) is 9.07. The minimum absolute atomic E-state index is 0.0211. The molecule has 1 aliphatic carbocycles. The lowest BCUT2D eigenvalue weighted by Crippen LogP contribution is -2.61. The van der Waals surface area contributed by atoms with E-state index >= 15 is 0 Å². The number of aryl methyl sites for hydroxylation is 1. The Morgan fingerprint density at radius 1 is 0.556 bits per heavy atom. The number of furan rings is 1. The molecule has 0 saturated heterocycles. The van der Waals surface area contributed by atoms with Crippen LogP contribution in [0.1, 0.15) is 136 Å². The fraction of sp³-hybridized carbons (Fsp3) is 0.356. The highest BCUT2D eigenvalue weighted by molar-refractivity contribution is 7.00. The number of hydrogen-bond acceptors (Lipinski definition) is 3. The van der Waals surface area contributed by atoms with Crippen molar-refractivity contribution in [2.75, 3.05) is 9.80 Å². The van der Waals surface area contributed by atoms with Gasteiger partial charge in [-0.1, -0.05) is 162 Å². The molecule has 7 aromatic rings. The third kappa shape index (κ3) is 6.52. The van der Waals surface area contributed by atoms with Crippen molar-refractivity contribution in [3.8, 4) is 11.1 Å². The predicted octanol–water partition coefficient (Wildman–Crippen LogP) is 14.7. The maximum atomic E-state index is 7.34. The Labute approximate surface area is 377 Å². The molecular formula is C59H65BN2O. The predicted molar refractivity (Wildman–Crippen MR) is 272 cm³/mol. The molecule has 0 fully saturated rings. The second kappa shape index (κ2) is 13.8. The van der Waals surface area contributed by atoms with Crippen molar-refractivity contribution in [3.63, 3.8) is 0 Å². The Bertz CT molecular complexity index is 2960. The summed E-state index contributed by atoms with van der Waals surface area (Å²) in [4.78, 5) is 5.27. The monoisotopic (exact) mass is 829 g/mol. The lowest BCUT2D eigenvalue weighted by Gasteiger charge is -2.49. The van der Waals surface area contributed by atoms with E-state index in [-0.39, 0.29) is 33.8 Å². The van der Waals surface area contributed by atoms with Gasteiger partial charge in [-0.15, -0.1) is 0 Å². The Balaban J connectivity index is 1.40. The average molecular weight is 829 g/mol. The molecule has 0 radical (unpaired) electrons. The first-order valence-electron chi connectivity index (χ1n) is 23.3. The number of hydrogen-bond donors (Lipinski definition) is 0. The zero-order chi connectivity index (χ0) is 44.8. The molecule has 320 valence electrons. The van der Waals surface area contributed by atoms with Crippen LogP contribution in [0.5, 0.6) is 0 Å². The van der Waals surface area contributed by atoms with Crippen LogP contribution in [0.4, 0.5) is 34.1 Å². The smallest absolute Gasteiger partial charge is 0.297 e. The average Bonchev–Trinajstić information content (AvgIpc) is 3.59. The van der Waals surface area contributed by atoms with Gasteiger partial charge in [0.15, 0.2) is 0 Å². The lowest BCUT2D eigenvalue weighted by molar-refractivity contribution is 0.333. The summed E-state index contributed by atoms with van der Waals surface area (Å²) in [5, 5.41) is 1.16. The van der Waals surface area contributed by atoms with Gasteiger partial charge in [0.2, 0.25) is 0 Å². The highest BCUT2D eigenvalue weighted by Crippen LogP contribution is 2.56. The van der Waals surface area contributed by atoms with Crippen molar-refractivity contribution in [1.82, 2.24) is 0 Å². The molecule has 3 heterocycles. The summed E-state index contributed by atoms with van der Waals surface area (Å²) < 4.78 is 7.34. The normalized spacial score (nSPS) is 16.4. The molecule has 0 unspecified atom stereocenters. The summed E-state index contributed by atoms with van der Waals surface area (Å²) in [6, 6.07) is 44.5. The minimum atomic E-state index is -0.139. The molecule has 3 nitrogen and oxygen atoms in total. The molecule has 0 atom stereocenters. The van der Waals surface area contributed by atoms with Gasteiger partial charge in [-0.25, -0.2) is 0 Å². The van der Waals surface area contributed by atoms with Crippen LogP contribution < -0.4 is 26.4 Å². The highest BCUT2D eigenvalue weighted by Gasteiger charge is 2.51. The van der Waals surface area contributed by atoms with Crippen LogP contribution in [0.15, 0.2) is 120 Å². The maximum absolute atomic E-state index is 7.34. The maximum Gasteiger partial charge on any atom is 0.297 e. The fourth-order valence-corrected chi connectivity index (χ4v) is 10.9. The third-order valence-corrected chi connectivity index (χ3v) is 14.8. The minimum Gasteiger partial charge on any atom is -0.468 e. The zero-order valence-electron chi connectivity index (χ0n) is 40.3. The summed E-state index contributed by atoms with van der Waals surface area (Å²) in [5.41, 5.74) is 22.3. The van der Waals surface area contributed by atoms with E-state index in [1.165, 1.54) is 78.2 Å². The molecule has 0 N–H and O–H groups in total. The van der Waals surface area contributed by atoms with Crippen molar-refractivity contribution >= 4 is 68.4 Å². The summed E-state index contributed by atoms with van der Waals surface area (Å²) in [5.74, 6) is 0. The van der Waals surface area contributed by atoms with Gasteiger partial charge in [0.05, 0.1) is 17.0 Å². The van der Waals surface area contributed by atoms with Crippen LogP contribution in [-0.4, -0.2) is 6.71 Å². The molecule has 2 aliphatic heterocycles. The van der Waals surface area contributed by atoms with Gasteiger partial charge in [-0.3, -0.25) is 0 Å². The molecular weight excluding hydrogens is 763 g/mol. The van der Waals surface area contributed by atoms with E-state index < -0.39 is 0 Å². The first-order valence-corrected chi connectivity index (χ1v) is 23.3. The number of benzene rings is 6. The fourth-order valence-electron chi connectivity index (χ4n) is 10.9. The topological polar surface area (TPSA) is 19.6 Å². The van der Waals surface area contributed by atoms with E-state index in [2.05, 4.69) is 222 Å². The van der Waals surface area contributed by atoms with Gasteiger partial charge < -0.3 is 14.2 Å². The first-order chi connectivity index (χ1) is 29.5. The summed E-state index contributed by atoms with van der Waals surface area (Å²) >= 11 is 0. The number of rotatable bonds is 3. The summed E-state index contributed by atoms with van der Waals surface area (Å²) in [7, 11) is 0. The number of nitrogens with zero attached hydrogens (tertiary/aromatic N) is 2. The van der Waals surface area contributed by atoms with Crippen LogP contribution in [-0.2, 0) is 27.1 Å². The molecule has 0 amide bonds. The molecule has 0 saturated carbocycles. The first kappa shape index (κ1) is 41.5. The van der Waals surface area contributed by atoms with Crippen molar-refractivity contribution in [1.29, 1.82) is 0 Å². The summed E-state index contributed by atoms with van der Waals surface area (Å²) in [6.07, 6.45) is 2.26. The standard InChI is InChI=1S/C59H65BN2O/c1-36-20-29-49-43(32-36)52-54(63-49)60-45-27-26-44-50(59(13,14)31-30-58(44,11)12)53(45)62(46-28-23-39(56(5,6)7)33-42(46)37-18-16-15-17-19-37)48-35-40(57(8,9)10)34-47(51(48)60)61(52)41-24-21-38(22-25-41)55(2,3)4/h15-29,32-35H,30-31H2,1-14H3. The molecule has 3 aliphatic rings. The van der Waals surface area contributed by atoms with Gasteiger partial charge in [-0.05, 0) is 140 Å². The molecule has 0 spiro atoms. The van der Waals surface area contributed by atoms with Crippen molar-refractivity contribution in [2.45, 2.75) is 137 Å². The van der Waals surface area contributed by atoms with E-state index in [0.717, 1.165) is 40.8 Å². The van der Waals surface area contributed by atoms with E-state index in [9.17, 15) is 0 Å². The van der Waals surface area contributed by atoms with E-state index in [1.807, 2.05) is 0 Å². The van der Waals surface area contributed by atoms with Crippen LogP contribution in [0.25, 0.3) is 22.1 Å². The second-order valence-electron chi connectivity index (χ2n) is 23.4. The molecule has 63 heavy (non-hydrogen) atoms. The highest BCUT2D eigenvalue weighted by atomic mass is 16.3. The Morgan fingerprint density at radius 3 is 1.83 bits per heavy atom. The van der Waals surface area contributed by atoms with E-state index in [1.54, 1.807) is 0 Å². The van der Waals surface area contributed by atoms with Crippen LogP contribution in [0, 0.1) is 6.92 Å². The quantitative estimate of drug-likeness (QED) is 0.165. The molecule has 1 aromatic heterocycles. The van der Waals surface area contributed by atoms with E-state index in [4.69, 9.17) is 4.42 Å². The van der Waals surface area contributed by atoms with Crippen molar-refractivity contribution in [3.05, 3.63) is 149 Å².